The molecule has 2 aromatic heterocycles. The van der Waals surface area contributed by atoms with Gasteiger partial charge >= 0.3 is 12.1 Å². The first-order valence-electron chi connectivity index (χ1n) is 6.42. The van der Waals surface area contributed by atoms with Gasteiger partial charge in [0.15, 0.2) is 6.61 Å². The number of aromatic nitrogens is 3. The Bertz CT molecular complexity index is 683. The van der Waals surface area contributed by atoms with E-state index in [4.69, 9.17) is 4.74 Å². The Kier molecular flexibility index (Phi) is 4.72. The summed E-state index contributed by atoms with van der Waals surface area (Å²) in [7, 11) is 0. The molecular formula is C13H12F3N3O4. The van der Waals surface area contributed by atoms with Gasteiger partial charge in [0.25, 0.3) is 0 Å². The van der Waals surface area contributed by atoms with Gasteiger partial charge in [0.2, 0.25) is 5.88 Å². The molecule has 0 saturated carbocycles. The van der Waals surface area contributed by atoms with Crippen molar-refractivity contribution in [3.8, 4) is 17.3 Å². The molecule has 2 rings (SSSR count). The molecule has 0 spiro atoms. The zero-order valence-electron chi connectivity index (χ0n) is 11.9. The van der Waals surface area contributed by atoms with Gasteiger partial charge in [-0.25, -0.2) is 4.79 Å². The Morgan fingerprint density at radius 2 is 2.13 bits per heavy atom. The summed E-state index contributed by atoms with van der Waals surface area (Å²) < 4.78 is 47.1. The molecule has 23 heavy (non-hydrogen) atoms. The van der Waals surface area contributed by atoms with Gasteiger partial charge in [-0.15, -0.1) is 0 Å². The Balaban J connectivity index is 2.13. The molecule has 0 radical (unpaired) electrons. The highest BCUT2D eigenvalue weighted by Gasteiger charge is 2.30. The van der Waals surface area contributed by atoms with Crippen molar-refractivity contribution in [1.29, 1.82) is 0 Å². The SMILES string of the molecule is CCOC(=O)COc1cc(-c2ccc(C(F)(F)F)cn2)n(O)n1. The van der Waals surface area contributed by atoms with Gasteiger partial charge in [-0.1, -0.05) is 9.94 Å². The summed E-state index contributed by atoms with van der Waals surface area (Å²) in [6, 6.07) is 3.14. The van der Waals surface area contributed by atoms with Crippen LogP contribution in [0.1, 0.15) is 12.5 Å². The molecule has 0 bridgehead atoms. The summed E-state index contributed by atoms with van der Waals surface area (Å²) in [5, 5.41) is 13.2. The summed E-state index contributed by atoms with van der Waals surface area (Å²) in [5.41, 5.74) is -0.847. The van der Waals surface area contributed by atoms with Crippen molar-refractivity contribution in [2.45, 2.75) is 13.1 Å². The number of rotatable bonds is 5. The number of hydrogen-bond donors (Lipinski definition) is 1. The number of alkyl halides is 3. The summed E-state index contributed by atoms with van der Waals surface area (Å²) in [6.45, 7) is 1.41. The summed E-state index contributed by atoms with van der Waals surface area (Å²) in [5.74, 6) is -0.716. The smallest absolute Gasteiger partial charge is 0.417 e. The minimum atomic E-state index is -4.50. The molecule has 0 aliphatic carbocycles. The van der Waals surface area contributed by atoms with E-state index < -0.39 is 24.3 Å². The van der Waals surface area contributed by atoms with Crippen LogP contribution in [0.15, 0.2) is 24.4 Å². The molecule has 0 aliphatic heterocycles. The lowest BCUT2D eigenvalue weighted by atomic mass is 10.2. The number of hydrogen-bond acceptors (Lipinski definition) is 6. The second-order valence-electron chi connectivity index (χ2n) is 4.28. The number of nitrogens with zero attached hydrogens (tertiary/aromatic N) is 3. The maximum atomic E-state index is 12.5. The first-order valence-corrected chi connectivity index (χ1v) is 6.42. The van der Waals surface area contributed by atoms with Crippen molar-refractivity contribution in [2.75, 3.05) is 13.2 Å². The lowest BCUT2D eigenvalue weighted by molar-refractivity contribution is -0.145. The summed E-state index contributed by atoms with van der Waals surface area (Å²) >= 11 is 0. The van der Waals surface area contributed by atoms with Crippen LogP contribution in [0.3, 0.4) is 0 Å². The van der Waals surface area contributed by atoms with E-state index >= 15 is 0 Å². The van der Waals surface area contributed by atoms with Crippen molar-refractivity contribution in [3.63, 3.8) is 0 Å². The highest BCUT2D eigenvalue weighted by Crippen LogP contribution is 2.30. The molecule has 0 amide bonds. The molecule has 7 nitrogen and oxygen atoms in total. The average molecular weight is 331 g/mol. The van der Waals surface area contributed by atoms with Crippen LogP contribution in [0.5, 0.6) is 5.88 Å². The van der Waals surface area contributed by atoms with E-state index in [-0.39, 0.29) is 23.9 Å². The van der Waals surface area contributed by atoms with Crippen molar-refractivity contribution in [3.05, 3.63) is 30.0 Å². The highest BCUT2D eigenvalue weighted by molar-refractivity contribution is 5.71. The molecule has 2 aromatic rings. The molecule has 0 aliphatic rings. The van der Waals surface area contributed by atoms with Gasteiger partial charge in [-0.05, 0) is 19.1 Å². The maximum Gasteiger partial charge on any atom is 0.417 e. The third-order valence-corrected chi connectivity index (χ3v) is 2.67. The third kappa shape index (κ3) is 4.11. The molecular weight excluding hydrogens is 319 g/mol. The van der Waals surface area contributed by atoms with Crippen molar-refractivity contribution >= 4 is 5.97 Å². The monoisotopic (exact) mass is 331 g/mol. The summed E-state index contributed by atoms with van der Waals surface area (Å²) in [6.07, 6.45) is -3.86. The van der Waals surface area contributed by atoms with Crippen molar-refractivity contribution < 1.29 is 32.6 Å². The molecule has 0 fully saturated rings. The fraction of sp³-hybridized carbons (Fsp3) is 0.308. The molecule has 0 aromatic carbocycles. The fourth-order valence-corrected chi connectivity index (χ4v) is 1.65. The number of carbonyl (C=O) groups is 1. The molecule has 0 atom stereocenters. The number of pyridine rings is 1. The number of esters is 1. The van der Waals surface area contributed by atoms with E-state index in [1.54, 1.807) is 6.92 Å². The van der Waals surface area contributed by atoms with Gasteiger partial charge in [-0.2, -0.15) is 13.2 Å². The predicted molar refractivity (Wildman–Crippen MR) is 69.8 cm³/mol. The average Bonchev–Trinajstić information content (AvgIpc) is 2.86. The lowest BCUT2D eigenvalue weighted by Crippen LogP contribution is -2.14. The Labute approximate surface area is 128 Å². The van der Waals surface area contributed by atoms with E-state index in [0.717, 1.165) is 12.1 Å². The predicted octanol–water partition coefficient (Wildman–Crippen LogP) is 2.14. The van der Waals surface area contributed by atoms with E-state index in [2.05, 4.69) is 14.8 Å². The molecule has 10 heteroatoms. The quantitative estimate of drug-likeness (QED) is 0.667. The lowest BCUT2D eigenvalue weighted by Gasteiger charge is -2.06. The van der Waals surface area contributed by atoms with E-state index in [1.165, 1.54) is 6.07 Å². The van der Waals surface area contributed by atoms with E-state index in [1.807, 2.05) is 0 Å². The van der Waals surface area contributed by atoms with Gasteiger partial charge in [-0.3, -0.25) is 4.98 Å². The van der Waals surface area contributed by atoms with Gasteiger partial charge in [0.05, 0.1) is 17.9 Å². The minimum Gasteiger partial charge on any atom is -0.464 e. The van der Waals surface area contributed by atoms with Crippen LogP contribution in [0, 0.1) is 0 Å². The minimum absolute atomic E-state index is 0.0117. The van der Waals surface area contributed by atoms with Gasteiger partial charge in [0.1, 0.15) is 5.69 Å². The third-order valence-electron chi connectivity index (χ3n) is 2.67. The van der Waals surface area contributed by atoms with Crippen LogP contribution in [0.2, 0.25) is 0 Å². The molecule has 2 heterocycles. The topological polar surface area (TPSA) is 86.5 Å². The van der Waals surface area contributed by atoms with E-state index in [9.17, 15) is 23.2 Å². The fourth-order valence-electron chi connectivity index (χ4n) is 1.65. The molecule has 0 unspecified atom stereocenters. The number of ether oxygens (including phenoxy) is 2. The Hall–Kier alpha value is -2.78. The van der Waals surface area contributed by atoms with Gasteiger partial charge < -0.3 is 14.7 Å². The molecule has 0 saturated heterocycles. The first kappa shape index (κ1) is 16.6. The van der Waals surface area contributed by atoms with Crippen molar-refractivity contribution in [1.82, 2.24) is 14.9 Å². The molecule has 124 valence electrons. The zero-order valence-corrected chi connectivity index (χ0v) is 11.9. The van der Waals surface area contributed by atoms with Crippen LogP contribution < -0.4 is 4.74 Å². The Morgan fingerprint density at radius 3 is 2.70 bits per heavy atom. The second-order valence-corrected chi connectivity index (χ2v) is 4.28. The zero-order chi connectivity index (χ0) is 17.0. The van der Waals surface area contributed by atoms with Crippen LogP contribution in [-0.2, 0) is 15.7 Å². The maximum absolute atomic E-state index is 12.5. The van der Waals surface area contributed by atoms with Crippen LogP contribution in [0.4, 0.5) is 13.2 Å². The van der Waals surface area contributed by atoms with Crippen LogP contribution in [-0.4, -0.2) is 39.3 Å². The van der Waals surface area contributed by atoms with Crippen LogP contribution >= 0.6 is 0 Å². The number of halogens is 3. The second kappa shape index (κ2) is 6.55. The Morgan fingerprint density at radius 1 is 1.39 bits per heavy atom. The standard InChI is InChI=1S/C13H12F3N3O4/c1-2-22-12(20)7-23-11-5-10(19(21)18-11)9-4-3-8(6-17-9)13(14,15)16/h3-6,21H,2,7H2,1H3. The van der Waals surface area contributed by atoms with Crippen LogP contribution in [0.25, 0.3) is 11.4 Å². The van der Waals surface area contributed by atoms with Gasteiger partial charge in [0, 0.05) is 12.3 Å². The normalized spacial score (nSPS) is 11.3. The van der Waals surface area contributed by atoms with E-state index in [0.29, 0.717) is 11.0 Å². The summed E-state index contributed by atoms with van der Waals surface area (Å²) in [4.78, 5) is 15.2. The highest BCUT2D eigenvalue weighted by atomic mass is 19.4. The number of carbonyl (C=O) groups excluding carboxylic acids is 1. The first-order chi connectivity index (χ1) is 10.8. The molecule has 1 N–H and O–H groups in total. The largest absolute Gasteiger partial charge is 0.464 e. The van der Waals surface area contributed by atoms with Crippen molar-refractivity contribution in [2.24, 2.45) is 0 Å².